The van der Waals surface area contributed by atoms with Crippen LogP contribution in [-0.4, -0.2) is 18.4 Å². The molecule has 4 aromatic carbocycles. The third-order valence-electron chi connectivity index (χ3n) is 7.09. The van der Waals surface area contributed by atoms with Gasteiger partial charge < -0.3 is 28.7 Å². The van der Waals surface area contributed by atoms with Gasteiger partial charge in [0.1, 0.15) is 4.21 Å². The maximum absolute atomic E-state index is 14.0. The number of esters is 1. The van der Waals surface area contributed by atoms with Crippen molar-refractivity contribution in [3.8, 4) is 5.69 Å². The lowest BCUT2D eigenvalue weighted by atomic mass is 9.98. The van der Waals surface area contributed by atoms with Crippen molar-refractivity contribution in [1.82, 2.24) is 0 Å². The molecule has 2 heterocycles. The first-order chi connectivity index (χ1) is 20.5. The molecule has 6 rings (SSSR count). The van der Waals surface area contributed by atoms with Gasteiger partial charge in [0.2, 0.25) is 11.5 Å². The molecule has 0 atom stereocenters. The molecule has 0 aliphatic rings. The topological polar surface area (TPSA) is 47.3 Å². The predicted octanol–water partition coefficient (Wildman–Crippen LogP) is 5.73. The quantitative estimate of drug-likeness (QED) is 0.0471. The Hall–Kier alpha value is -3.05. The van der Waals surface area contributed by atoms with Crippen molar-refractivity contribution in [2.75, 3.05) is 6.61 Å². The third kappa shape index (κ3) is 6.72. The molecule has 0 aliphatic carbocycles. The number of aromatic nitrogens is 1. The largest absolute Gasteiger partial charge is 1.00 e. The van der Waals surface area contributed by atoms with E-state index < -0.39 is 0 Å². The molecule has 0 saturated heterocycles. The first-order valence-electron chi connectivity index (χ1n) is 13.6. The van der Waals surface area contributed by atoms with Crippen molar-refractivity contribution in [2.45, 2.75) is 23.3 Å². The van der Waals surface area contributed by atoms with Crippen LogP contribution in [0, 0.1) is 0 Å². The number of rotatable bonds is 9. The van der Waals surface area contributed by atoms with Crippen LogP contribution in [0.3, 0.4) is 0 Å². The number of carbonyl (C=O) groups is 2. The molecule has 2 aromatic heterocycles. The fourth-order valence-corrected chi connectivity index (χ4v) is 8.07. The van der Waals surface area contributed by atoms with Crippen LogP contribution in [0.1, 0.15) is 33.3 Å². The lowest BCUT2D eigenvalue weighted by Crippen LogP contribution is -3.00. The molecule has 8 heteroatoms. The summed E-state index contributed by atoms with van der Waals surface area (Å²) in [4.78, 5) is 27.4. The van der Waals surface area contributed by atoms with Crippen LogP contribution in [0.25, 0.3) is 27.2 Å². The zero-order valence-corrected chi connectivity index (χ0v) is 28.6. The van der Waals surface area contributed by atoms with Crippen LogP contribution >= 0.6 is 39.0 Å². The van der Waals surface area contributed by atoms with Gasteiger partial charge in [-0.25, -0.2) is 0 Å². The Morgan fingerprint density at radius 3 is 2.09 bits per heavy atom. The third-order valence-corrected chi connectivity index (χ3v) is 10.1. The molecule has 0 unspecified atom stereocenters. The number of hydrogen-bond donors (Lipinski definition) is 0. The van der Waals surface area contributed by atoms with E-state index in [4.69, 9.17) is 4.74 Å². The maximum atomic E-state index is 14.0. The molecule has 0 amide bonds. The summed E-state index contributed by atoms with van der Waals surface area (Å²) in [5.41, 5.74) is 3.36. The number of nitrogens with zero attached hydrogens (tertiary/aromatic N) is 1. The number of fused-ring (bicyclic) bond motifs is 2. The van der Waals surface area contributed by atoms with E-state index in [1.54, 1.807) is 18.7 Å². The fourth-order valence-electron chi connectivity index (χ4n) is 5.18. The van der Waals surface area contributed by atoms with E-state index in [1.165, 1.54) is 38.4 Å². The molecule has 0 aliphatic heterocycles. The van der Waals surface area contributed by atoms with Gasteiger partial charge in [-0.1, -0.05) is 70.5 Å². The molecule has 0 radical (unpaired) electrons. The van der Waals surface area contributed by atoms with Crippen molar-refractivity contribution < 1.29 is 42.9 Å². The van der Waals surface area contributed by atoms with Gasteiger partial charge in [0.15, 0.2) is 12.4 Å². The lowest BCUT2D eigenvalue weighted by molar-refractivity contribution is -0.598. The highest BCUT2D eigenvalue weighted by Crippen LogP contribution is 2.42. The smallest absolute Gasteiger partial charge is 0.310 e. The van der Waals surface area contributed by atoms with Gasteiger partial charge in [0.25, 0.3) is 0 Å². The summed E-state index contributed by atoms with van der Waals surface area (Å²) < 4.78 is 9.24. The maximum Gasteiger partial charge on any atom is 0.310 e. The summed E-state index contributed by atoms with van der Waals surface area (Å²) in [6.45, 7) is 2.07. The number of ether oxygens (including phenoxy) is 1. The summed E-state index contributed by atoms with van der Waals surface area (Å²) in [6, 6.07) is 32.4. The van der Waals surface area contributed by atoms with E-state index in [0.717, 1.165) is 14.4 Å². The number of thiophene rings is 1. The van der Waals surface area contributed by atoms with Gasteiger partial charge in [0, 0.05) is 27.9 Å². The molecule has 216 valence electrons. The average Bonchev–Trinajstić information content (AvgIpc) is 3.37. The van der Waals surface area contributed by atoms with Gasteiger partial charge in [-0.3, -0.25) is 9.59 Å². The highest BCUT2D eigenvalue weighted by molar-refractivity contribution is 9.10. The number of pyridine rings is 1. The molecule has 0 N–H and O–H groups in total. The van der Waals surface area contributed by atoms with Crippen molar-refractivity contribution in [2.24, 2.45) is 0 Å². The number of hydrogen-bond acceptors (Lipinski definition) is 5. The van der Waals surface area contributed by atoms with Gasteiger partial charge in [0.05, 0.1) is 23.5 Å². The Balaban J connectivity index is 0.00000368. The molecule has 6 aromatic rings. The summed E-state index contributed by atoms with van der Waals surface area (Å²) in [6.07, 6.45) is 3.93. The average molecular weight is 781 g/mol. The second-order valence-electron chi connectivity index (χ2n) is 9.73. The van der Waals surface area contributed by atoms with Crippen LogP contribution in [0.4, 0.5) is 0 Å². The number of halogens is 2. The Morgan fingerprint density at radius 1 is 0.837 bits per heavy atom. The normalized spacial score (nSPS) is 10.9. The van der Waals surface area contributed by atoms with Crippen molar-refractivity contribution in [3.05, 3.63) is 135 Å². The zero-order valence-electron chi connectivity index (χ0n) is 23.3. The number of thioether (sulfide) groups is 1. The van der Waals surface area contributed by atoms with Crippen LogP contribution < -0.4 is 28.5 Å². The number of benzene rings is 4. The summed E-state index contributed by atoms with van der Waals surface area (Å²) in [5, 5.41) is 4.83. The minimum absolute atomic E-state index is 0. The minimum Gasteiger partial charge on any atom is -1.00 e. The molecule has 0 spiro atoms. The molecule has 0 bridgehead atoms. The molecular formula is C35H27BrINO3S2. The summed E-state index contributed by atoms with van der Waals surface area (Å²) in [7, 11) is 0. The van der Waals surface area contributed by atoms with Gasteiger partial charge in [-0.05, 0) is 64.4 Å². The van der Waals surface area contributed by atoms with Crippen LogP contribution in [0.15, 0.2) is 118 Å². The highest BCUT2D eigenvalue weighted by atomic mass is 127. The second kappa shape index (κ2) is 14.2. The number of carbonyl (C=O) groups excluding carboxylic acids is 2. The van der Waals surface area contributed by atoms with Crippen LogP contribution in [-0.2, 0) is 21.7 Å². The standard InChI is InChI=1S/C35H27BrNO3S2.HI/c1-2-40-31(38)21-29-32(37-18-8-3-9-19-37)35(42-34(29)33(39)23-14-16-26(36)17-15-23)41-22-30-27-12-6-4-10-24(27)20-25-11-5-7-13-28(25)30;/h3-20H,2,21-22H2,1H3;1H/q+1;/p-1. The Morgan fingerprint density at radius 2 is 1.47 bits per heavy atom. The number of ketones is 1. The lowest BCUT2D eigenvalue weighted by Gasteiger charge is -2.11. The van der Waals surface area contributed by atoms with E-state index in [1.807, 2.05) is 59.4 Å². The Labute approximate surface area is 284 Å². The van der Waals surface area contributed by atoms with Crippen molar-refractivity contribution in [3.63, 3.8) is 0 Å². The molecule has 0 saturated carbocycles. The first kappa shape index (κ1) is 31.4. The first-order valence-corrected chi connectivity index (χ1v) is 16.2. The van der Waals surface area contributed by atoms with Crippen LogP contribution in [0.2, 0.25) is 0 Å². The monoisotopic (exact) mass is 779 g/mol. The van der Waals surface area contributed by atoms with E-state index in [-0.39, 0.29) is 48.8 Å². The predicted molar refractivity (Wildman–Crippen MR) is 175 cm³/mol. The van der Waals surface area contributed by atoms with E-state index in [9.17, 15) is 9.59 Å². The van der Waals surface area contributed by atoms with Crippen LogP contribution in [0.5, 0.6) is 0 Å². The summed E-state index contributed by atoms with van der Waals surface area (Å²) >= 11 is 6.61. The van der Waals surface area contributed by atoms with Gasteiger partial charge in [-0.2, -0.15) is 4.57 Å². The summed E-state index contributed by atoms with van der Waals surface area (Å²) in [5.74, 6) is 0.245. The van der Waals surface area contributed by atoms with E-state index >= 15 is 0 Å². The second-order valence-corrected chi connectivity index (χ2v) is 12.9. The molecule has 43 heavy (non-hydrogen) atoms. The van der Waals surface area contributed by atoms with E-state index in [0.29, 0.717) is 21.8 Å². The van der Waals surface area contributed by atoms with Crippen molar-refractivity contribution in [1.29, 1.82) is 0 Å². The van der Waals surface area contributed by atoms with Gasteiger partial charge >= 0.3 is 5.97 Å². The Bertz CT molecular complexity index is 1870. The van der Waals surface area contributed by atoms with Crippen molar-refractivity contribution >= 4 is 72.3 Å². The molecule has 4 nitrogen and oxygen atoms in total. The van der Waals surface area contributed by atoms with Gasteiger partial charge in [-0.15, -0.1) is 23.1 Å². The Kier molecular flexibility index (Phi) is 10.3. The highest BCUT2D eigenvalue weighted by Gasteiger charge is 2.32. The van der Waals surface area contributed by atoms with E-state index in [2.05, 4.69) is 70.5 Å². The SMILES string of the molecule is CCOC(=O)Cc1c(C(=O)c2ccc(Br)cc2)sc(SCc2c3ccccc3cc3ccccc23)c1-[n+]1ccccc1.[I-]. The zero-order chi connectivity index (χ0) is 29.1. The molecular weight excluding hydrogens is 753 g/mol. The minimum atomic E-state index is -0.352. The fraction of sp³-hybridized carbons (Fsp3) is 0.114. The molecule has 0 fully saturated rings.